The first kappa shape index (κ1) is 17.1. The van der Waals surface area contributed by atoms with E-state index in [-0.39, 0.29) is 12.1 Å². The number of carbonyl (C=O) groups is 1. The van der Waals surface area contributed by atoms with Gasteiger partial charge in [-0.1, -0.05) is 13.0 Å². The van der Waals surface area contributed by atoms with Gasteiger partial charge >= 0.3 is 6.03 Å². The van der Waals surface area contributed by atoms with Crippen molar-refractivity contribution in [3.05, 3.63) is 53.5 Å². The lowest BCUT2D eigenvalue weighted by molar-refractivity contribution is 0.130. The Morgan fingerprint density at radius 1 is 1.35 bits per heavy atom. The molecule has 1 heterocycles. The number of urea groups is 1. The fourth-order valence-electron chi connectivity index (χ4n) is 2.51. The summed E-state index contributed by atoms with van der Waals surface area (Å²) in [6.45, 7) is 5.99. The zero-order chi connectivity index (χ0) is 16.8. The summed E-state index contributed by atoms with van der Waals surface area (Å²) in [6, 6.07) is 8.84. The maximum Gasteiger partial charge on any atom is 0.319 e. The first-order chi connectivity index (χ1) is 11.0. The first-order valence-corrected chi connectivity index (χ1v) is 7.88. The largest absolute Gasteiger partial charge is 0.467 e. The minimum Gasteiger partial charge on any atom is -0.467 e. The van der Waals surface area contributed by atoms with Crippen molar-refractivity contribution in [2.45, 2.75) is 45.8 Å². The van der Waals surface area contributed by atoms with Gasteiger partial charge in [0.2, 0.25) is 0 Å². The van der Waals surface area contributed by atoms with E-state index in [0.29, 0.717) is 12.2 Å². The number of amides is 2. The van der Waals surface area contributed by atoms with Crippen molar-refractivity contribution in [3.63, 3.8) is 0 Å². The van der Waals surface area contributed by atoms with Crippen LogP contribution in [0.5, 0.6) is 0 Å². The lowest BCUT2D eigenvalue weighted by atomic mass is 10.1. The number of furan rings is 1. The van der Waals surface area contributed by atoms with Crippen molar-refractivity contribution in [2.75, 3.05) is 5.32 Å². The summed E-state index contributed by atoms with van der Waals surface area (Å²) in [5.41, 5.74) is 3.20. The van der Waals surface area contributed by atoms with Gasteiger partial charge in [0.05, 0.1) is 6.26 Å². The molecule has 3 N–H and O–H groups in total. The number of anilines is 1. The fraction of sp³-hybridized carbons (Fsp3) is 0.389. The number of hydrogen-bond donors (Lipinski definition) is 3. The predicted octanol–water partition coefficient (Wildman–Crippen LogP) is 3.78. The van der Waals surface area contributed by atoms with Crippen molar-refractivity contribution in [2.24, 2.45) is 0 Å². The lowest BCUT2D eigenvalue weighted by Gasteiger charge is -2.17. The molecule has 0 bridgehead atoms. The van der Waals surface area contributed by atoms with Gasteiger partial charge < -0.3 is 20.2 Å². The Morgan fingerprint density at radius 2 is 2.13 bits per heavy atom. The van der Waals surface area contributed by atoms with Crippen LogP contribution in [0.3, 0.4) is 0 Å². The van der Waals surface area contributed by atoms with Gasteiger partial charge in [-0.3, -0.25) is 0 Å². The van der Waals surface area contributed by atoms with E-state index in [1.54, 1.807) is 12.1 Å². The van der Waals surface area contributed by atoms with E-state index in [1.165, 1.54) is 17.4 Å². The Hall–Kier alpha value is -2.27. The summed E-state index contributed by atoms with van der Waals surface area (Å²) in [4.78, 5) is 12.0. The van der Waals surface area contributed by atoms with Crippen molar-refractivity contribution in [1.29, 1.82) is 0 Å². The van der Waals surface area contributed by atoms with E-state index in [4.69, 9.17) is 4.42 Å². The molecule has 2 amide bonds. The van der Waals surface area contributed by atoms with Crippen LogP contribution in [0.1, 0.15) is 43.3 Å². The number of rotatable bonds is 6. The highest BCUT2D eigenvalue weighted by Crippen LogP contribution is 2.19. The van der Waals surface area contributed by atoms with Crippen LogP contribution in [0.25, 0.3) is 0 Å². The summed E-state index contributed by atoms with van der Waals surface area (Å²) in [5, 5.41) is 15.7. The standard InChI is InChI=1S/C18H24N2O3/c1-4-14-11-15(8-7-12(14)2)20-18(22)19-13(3)10-16(21)17-6-5-9-23-17/h5-9,11,13,16,21H,4,10H2,1-3H3,(H2,19,20,22). The smallest absolute Gasteiger partial charge is 0.319 e. The monoisotopic (exact) mass is 316 g/mol. The van der Waals surface area contributed by atoms with Crippen molar-refractivity contribution >= 4 is 11.7 Å². The van der Waals surface area contributed by atoms with Crippen LogP contribution in [0.15, 0.2) is 41.0 Å². The van der Waals surface area contributed by atoms with Crippen LogP contribution in [0.4, 0.5) is 10.5 Å². The Morgan fingerprint density at radius 3 is 2.78 bits per heavy atom. The third-order valence-electron chi connectivity index (χ3n) is 3.81. The maximum atomic E-state index is 12.0. The van der Waals surface area contributed by atoms with Crippen LogP contribution < -0.4 is 10.6 Å². The zero-order valence-electron chi connectivity index (χ0n) is 13.8. The number of aryl methyl sites for hydroxylation is 2. The van der Waals surface area contributed by atoms with Crippen molar-refractivity contribution < 1.29 is 14.3 Å². The van der Waals surface area contributed by atoms with Crippen LogP contribution in [0, 0.1) is 6.92 Å². The van der Waals surface area contributed by atoms with Gasteiger partial charge in [0.1, 0.15) is 11.9 Å². The van der Waals surface area contributed by atoms with Gasteiger partial charge in [0.15, 0.2) is 0 Å². The molecule has 5 heteroatoms. The molecule has 0 aliphatic rings. The van der Waals surface area contributed by atoms with E-state index in [0.717, 1.165) is 12.1 Å². The Kier molecular flexibility index (Phi) is 5.82. The average molecular weight is 316 g/mol. The van der Waals surface area contributed by atoms with E-state index in [9.17, 15) is 9.90 Å². The molecule has 1 aromatic carbocycles. The molecule has 2 rings (SSSR count). The molecular weight excluding hydrogens is 292 g/mol. The van der Waals surface area contributed by atoms with E-state index < -0.39 is 6.10 Å². The van der Waals surface area contributed by atoms with Gasteiger partial charge in [-0.05, 0) is 55.7 Å². The lowest BCUT2D eigenvalue weighted by Crippen LogP contribution is -2.37. The van der Waals surface area contributed by atoms with Gasteiger partial charge in [0, 0.05) is 18.2 Å². The van der Waals surface area contributed by atoms with Gasteiger partial charge in [-0.15, -0.1) is 0 Å². The van der Waals surface area contributed by atoms with Crippen molar-refractivity contribution in [1.82, 2.24) is 5.32 Å². The third-order valence-corrected chi connectivity index (χ3v) is 3.81. The second kappa shape index (κ2) is 7.83. The van der Waals surface area contributed by atoms with Gasteiger partial charge in [-0.2, -0.15) is 0 Å². The molecule has 1 aromatic heterocycles. The average Bonchev–Trinajstić information content (AvgIpc) is 3.03. The minimum absolute atomic E-state index is 0.189. The second-order valence-electron chi connectivity index (χ2n) is 5.76. The molecule has 5 nitrogen and oxygen atoms in total. The molecule has 23 heavy (non-hydrogen) atoms. The quantitative estimate of drug-likeness (QED) is 0.759. The third kappa shape index (κ3) is 4.86. The number of aliphatic hydroxyl groups excluding tert-OH is 1. The molecule has 0 aliphatic carbocycles. The van der Waals surface area contributed by atoms with Crippen molar-refractivity contribution in [3.8, 4) is 0 Å². The minimum atomic E-state index is -0.730. The van der Waals surface area contributed by atoms with E-state index in [2.05, 4.69) is 24.5 Å². The highest BCUT2D eigenvalue weighted by atomic mass is 16.4. The fourth-order valence-corrected chi connectivity index (χ4v) is 2.51. The molecule has 0 saturated heterocycles. The van der Waals surface area contributed by atoms with Crippen LogP contribution >= 0.6 is 0 Å². The highest BCUT2D eigenvalue weighted by Gasteiger charge is 2.16. The first-order valence-electron chi connectivity index (χ1n) is 7.88. The zero-order valence-corrected chi connectivity index (χ0v) is 13.8. The number of aliphatic hydroxyl groups is 1. The topological polar surface area (TPSA) is 74.5 Å². The Balaban J connectivity index is 1.86. The maximum absolute atomic E-state index is 12.0. The SMILES string of the molecule is CCc1cc(NC(=O)NC(C)CC(O)c2ccco2)ccc1C. The number of nitrogens with one attached hydrogen (secondary N) is 2. The molecule has 0 aliphatic heterocycles. The van der Waals surface area contributed by atoms with E-state index in [1.807, 2.05) is 25.1 Å². The molecular formula is C18H24N2O3. The van der Waals surface area contributed by atoms with E-state index >= 15 is 0 Å². The molecule has 2 unspecified atom stereocenters. The van der Waals surface area contributed by atoms with Crippen LogP contribution in [0.2, 0.25) is 0 Å². The molecule has 0 saturated carbocycles. The van der Waals surface area contributed by atoms with Crippen LogP contribution in [-0.4, -0.2) is 17.2 Å². The summed E-state index contributed by atoms with van der Waals surface area (Å²) >= 11 is 0. The van der Waals surface area contributed by atoms with Crippen LogP contribution in [-0.2, 0) is 6.42 Å². The molecule has 0 radical (unpaired) electrons. The predicted molar refractivity (Wildman–Crippen MR) is 90.5 cm³/mol. The summed E-state index contributed by atoms with van der Waals surface area (Å²) in [7, 11) is 0. The van der Waals surface area contributed by atoms with Gasteiger partial charge in [-0.25, -0.2) is 4.79 Å². The second-order valence-corrected chi connectivity index (χ2v) is 5.76. The molecule has 2 atom stereocenters. The molecule has 0 spiro atoms. The molecule has 124 valence electrons. The molecule has 2 aromatic rings. The number of carbonyl (C=O) groups excluding carboxylic acids is 1. The Labute approximate surface area is 136 Å². The normalized spacial score (nSPS) is 13.4. The van der Waals surface area contributed by atoms with Gasteiger partial charge in [0.25, 0.3) is 0 Å². The summed E-state index contributed by atoms with van der Waals surface area (Å²) in [5.74, 6) is 0.505. The summed E-state index contributed by atoms with van der Waals surface area (Å²) in [6.07, 6.45) is 2.10. The number of benzene rings is 1. The Bertz CT molecular complexity index is 638. The number of hydrogen-bond acceptors (Lipinski definition) is 3. The summed E-state index contributed by atoms with van der Waals surface area (Å²) < 4.78 is 5.16. The highest BCUT2D eigenvalue weighted by molar-refractivity contribution is 5.89. The molecule has 0 fully saturated rings.